The highest BCUT2D eigenvalue weighted by atomic mass is 16.5. The lowest BCUT2D eigenvalue weighted by molar-refractivity contribution is -0.0402. The van der Waals surface area contributed by atoms with Crippen molar-refractivity contribution in [1.82, 2.24) is 15.0 Å². The highest BCUT2D eigenvalue weighted by Gasteiger charge is 2.32. The number of pyridine rings is 1. The first-order chi connectivity index (χ1) is 12.8. The first-order valence-corrected chi connectivity index (χ1v) is 9.41. The highest BCUT2D eigenvalue weighted by molar-refractivity contribution is 6.06. The Labute approximate surface area is 158 Å². The van der Waals surface area contributed by atoms with Crippen LogP contribution in [0.3, 0.4) is 0 Å². The second kappa shape index (κ2) is 6.42. The summed E-state index contributed by atoms with van der Waals surface area (Å²) in [4.78, 5) is 13.6. The highest BCUT2D eigenvalue weighted by Crippen LogP contribution is 2.40. The average molecular weight is 370 g/mol. The summed E-state index contributed by atoms with van der Waals surface area (Å²) in [6, 6.07) is 0. The summed E-state index contributed by atoms with van der Waals surface area (Å²) in [5.41, 5.74) is 5.04. The van der Waals surface area contributed by atoms with Crippen molar-refractivity contribution in [3.05, 3.63) is 23.1 Å². The number of nitrogens with one attached hydrogen (secondary N) is 1. The number of aliphatic hydroxyl groups excluding tert-OH is 1. The van der Waals surface area contributed by atoms with Crippen molar-refractivity contribution in [2.45, 2.75) is 65.3 Å². The van der Waals surface area contributed by atoms with Gasteiger partial charge in [-0.2, -0.15) is 0 Å². The molecule has 0 bridgehead atoms. The van der Waals surface area contributed by atoms with Crippen molar-refractivity contribution >= 4 is 28.0 Å². The summed E-state index contributed by atoms with van der Waals surface area (Å²) in [6.45, 7) is 11.1. The maximum absolute atomic E-state index is 9.58. The quantitative estimate of drug-likeness (QED) is 0.725. The monoisotopic (exact) mass is 370 g/mol. The van der Waals surface area contributed by atoms with Gasteiger partial charge in [0.2, 0.25) is 5.71 Å². The minimum atomic E-state index is -0.490. The third-order valence-electron chi connectivity index (χ3n) is 4.97. The number of hydrogen-bond acceptors (Lipinski definition) is 7. The Morgan fingerprint density at radius 3 is 2.70 bits per heavy atom. The van der Waals surface area contributed by atoms with Gasteiger partial charge in [0.25, 0.3) is 0 Å². The molecule has 1 aliphatic rings. The predicted octanol–water partition coefficient (Wildman–Crippen LogP) is 3.54. The molecular formula is C20H26N4O3. The molecule has 0 radical (unpaired) electrons. The molecule has 0 amide bonds. The van der Waals surface area contributed by atoms with Crippen molar-refractivity contribution in [2.75, 3.05) is 11.9 Å². The zero-order valence-corrected chi connectivity index (χ0v) is 16.5. The molecule has 1 aliphatic heterocycles. The number of aliphatic hydroxyl groups is 1. The molecule has 27 heavy (non-hydrogen) atoms. The van der Waals surface area contributed by atoms with E-state index in [2.05, 4.69) is 43.0 Å². The van der Waals surface area contributed by atoms with E-state index in [-0.39, 0.29) is 11.5 Å². The number of ether oxygens (including phenoxy) is 1. The van der Waals surface area contributed by atoms with E-state index in [0.29, 0.717) is 30.3 Å². The molecule has 0 saturated carbocycles. The van der Waals surface area contributed by atoms with Gasteiger partial charge >= 0.3 is 0 Å². The molecule has 0 unspecified atom stereocenters. The Hall–Kier alpha value is -2.25. The van der Waals surface area contributed by atoms with E-state index in [9.17, 15) is 5.11 Å². The maximum Gasteiger partial charge on any atom is 0.229 e. The van der Waals surface area contributed by atoms with Crippen LogP contribution in [0.4, 0.5) is 5.82 Å². The normalized spacial score (nSPS) is 17.4. The SMILES string of the molecule is CC(C)c1nc2oc3c(NC[C@@H](C)O)ncnc3c2c2c1COC(C)(C)C2. The van der Waals surface area contributed by atoms with Gasteiger partial charge in [0, 0.05) is 18.5 Å². The van der Waals surface area contributed by atoms with Gasteiger partial charge in [0.05, 0.1) is 29.4 Å². The summed E-state index contributed by atoms with van der Waals surface area (Å²) in [5.74, 6) is 0.838. The van der Waals surface area contributed by atoms with Gasteiger partial charge in [-0.3, -0.25) is 0 Å². The Kier molecular flexibility index (Phi) is 4.31. The topological polar surface area (TPSA) is 93.3 Å². The molecule has 4 rings (SSSR count). The van der Waals surface area contributed by atoms with Crippen LogP contribution in [-0.2, 0) is 17.8 Å². The van der Waals surface area contributed by atoms with Gasteiger partial charge in [-0.25, -0.2) is 15.0 Å². The van der Waals surface area contributed by atoms with Crippen LogP contribution in [-0.4, -0.2) is 38.3 Å². The molecule has 2 N–H and O–H groups in total. The molecule has 0 spiro atoms. The van der Waals surface area contributed by atoms with E-state index in [1.807, 2.05) is 0 Å². The summed E-state index contributed by atoms with van der Waals surface area (Å²) >= 11 is 0. The van der Waals surface area contributed by atoms with Crippen LogP contribution in [0.25, 0.3) is 22.2 Å². The van der Waals surface area contributed by atoms with E-state index in [4.69, 9.17) is 14.1 Å². The molecule has 1 atom stereocenters. The number of fused-ring (bicyclic) bond motifs is 5. The maximum atomic E-state index is 9.58. The molecular weight excluding hydrogens is 344 g/mol. The molecule has 7 nitrogen and oxygen atoms in total. The van der Waals surface area contributed by atoms with Crippen molar-refractivity contribution in [2.24, 2.45) is 0 Å². The van der Waals surface area contributed by atoms with Crippen LogP contribution in [0.2, 0.25) is 0 Å². The van der Waals surface area contributed by atoms with Gasteiger partial charge in [-0.15, -0.1) is 0 Å². The molecule has 0 aromatic carbocycles. The van der Waals surface area contributed by atoms with Crippen molar-refractivity contribution in [1.29, 1.82) is 0 Å². The predicted molar refractivity (Wildman–Crippen MR) is 104 cm³/mol. The number of hydrogen-bond donors (Lipinski definition) is 2. The molecule has 4 heterocycles. The van der Waals surface area contributed by atoms with E-state index < -0.39 is 6.10 Å². The van der Waals surface area contributed by atoms with E-state index in [0.717, 1.165) is 28.6 Å². The Balaban J connectivity index is 1.99. The van der Waals surface area contributed by atoms with Crippen LogP contribution in [0, 0.1) is 0 Å². The van der Waals surface area contributed by atoms with Crippen molar-refractivity contribution in [3.8, 4) is 0 Å². The molecule has 0 fully saturated rings. The lowest BCUT2D eigenvalue weighted by Gasteiger charge is -2.33. The minimum absolute atomic E-state index is 0.250. The van der Waals surface area contributed by atoms with Gasteiger partial charge in [0.15, 0.2) is 11.4 Å². The largest absolute Gasteiger partial charge is 0.432 e. The number of anilines is 1. The van der Waals surface area contributed by atoms with Crippen LogP contribution >= 0.6 is 0 Å². The number of nitrogens with zero attached hydrogens (tertiary/aromatic N) is 3. The zero-order chi connectivity index (χ0) is 19.3. The Morgan fingerprint density at radius 2 is 2.00 bits per heavy atom. The summed E-state index contributed by atoms with van der Waals surface area (Å²) in [5, 5.41) is 13.7. The molecule has 0 aliphatic carbocycles. The lowest BCUT2D eigenvalue weighted by atomic mass is 9.87. The molecule has 3 aromatic rings. The molecule has 3 aromatic heterocycles. The summed E-state index contributed by atoms with van der Waals surface area (Å²) in [7, 11) is 0. The molecule has 7 heteroatoms. The van der Waals surface area contributed by atoms with Gasteiger partial charge in [0.1, 0.15) is 11.8 Å². The van der Waals surface area contributed by atoms with Crippen molar-refractivity contribution in [3.63, 3.8) is 0 Å². The second-order valence-corrected chi connectivity index (χ2v) is 8.25. The fraction of sp³-hybridized carbons (Fsp3) is 0.550. The Morgan fingerprint density at radius 1 is 1.22 bits per heavy atom. The van der Waals surface area contributed by atoms with Gasteiger partial charge in [-0.05, 0) is 32.3 Å². The van der Waals surface area contributed by atoms with E-state index in [1.165, 1.54) is 11.9 Å². The van der Waals surface area contributed by atoms with Crippen LogP contribution in [0.15, 0.2) is 10.7 Å². The molecule has 144 valence electrons. The van der Waals surface area contributed by atoms with Crippen molar-refractivity contribution < 1.29 is 14.3 Å². The molecule has 0 saturated heterocycles. The average Bonchev–Trinajstić information content (AvgIpc) is 2.97. The number of aromatic nitrogens is 3. The zero-order valence-electron chi connectivity index (χ0n) is 16.5. The van der Waals surface area contributed by atoms with Crippen LogP contribution < -0.4 is 5.32 Å². The number of furan rings is 1. The third-order valence-corrected chi connectivity index (χ3v) is 4.97. The lowest BCUT2D eigenvalue weighted by Crippen LogP contribution is -2.33. The first-order valence-electron chi connectivity index (χ1n) is 9.41. The Bertz CT molecular complexity index is 1010. The number of rotatable bonds is 4. The second-order valence-electron chi connectivity index (χ2n) is 8.25. The van der Waals surface area contributed by atoms with Gasteiger partial charge < -0.3 is 19.6 Å². The van der Waals surface area contributed by atoms with Crippen LogP contribution in [0.1, 0.15) is 57.4 Å². The van der Waals surface area contributed by atoms with Crippen LogP contribution in [0.5, 0.6) is 0 Å². The van der Waals surface area contributed by atoms with E-state index >= 15 is 0 Å². The van der Waals surface area contributed by atoms with E-state index in [1.54, 1.807) is 6.92 Å². The summed E-state index contributed by atoms with van der Waals surface area (Å²) in [6.07, 6.45) is 1.81. The summed E-state index contributed by atoms with van der Waals surface area (Å²) < 4.78 is 12.2. The third kappa shape index (κ3) is 3.15. The van der Waals surface area contributed by atoms with Gasteiger partial charge in [-0.1, -0.05) is 13.8 Å². The fourth-order valence-electron chi connectivity index (χ4n) is 3.68. The smallest absolute Gasteiger partial charge is 0.229 e. The fourth-order valence-corrected chi connectivity index (χ4v) is 3.68. The minimum Gasteiger partial charge on any atom is -0.432 e. The first kappa shape index (κ1) is 18.1. The standard InChI is InChI=1S/C20H26N4O3/c1-10(2)15-13-8-26-20(4,5)6-12(13)14-16-17(27-19(14)24-15)18(23-9-22-16)21-7-11(3)25/h9-11,25H,6-8H2,1-5H3,(H,21,22,23)/t11-/m1/s1.